The molecule has 1 atom stereocenters. The average molecular weight is 402 g/mol. The van der Waals surface area contributed by atoms with E-state index in [1.807, 2.05) is 37.3 Å². The second-order valence-corrected chi connectivity index (χ2v) is 7.63. The molecule has 27 heavy (non-hydrogen) atoms. The molecule has 0 spiro atoms. The minimum absolute atomic E-state index is 0.0369. The molecule has 0 radical (unpaired) electrons. The number of aromatic nitrogens is 2. The van der Waals surface area contributed by atoms with Gasteiger partial charge in [0.15, 0.2) is 0 Å². The van der Waals surface area contributed by atoms with Crippen LogP contribution in [0.1, 0.15) is 31.3 Å². The van der Waals surface area contributed by atoms with E-state index in [0.29, 0.717) is 27.4 Å². The maximum atomic E-state index is 12.9. The van der Waals surface area contributed by atoms with Crippen LogP contribution in [0.5, 0.6) is 0 Å². The number of carbonyl (C=O) groups excluding carboxylic acids is 1. The van der Waals surface area contributed by atoms with E-state index in [1.54, 1.807) is 28.9 Å². The molecule has 3 rings (SSSR count). The summed E-state index contributed by atoms with van der Waals surface area (Å²) in [5.74, 6) is 0.140. The van der Waals surface area contributed by atoms with Gasteiger partial charge in [0.25, 0.3) is 5.91 Å². The first-order valence-electron chi connectivity index (χ1n) is 8.78. The van der Waals surface area contributed by atoms with Crippen molar-refractivity contribution in [2.75, 3.05) is 0 Å². The van der Waals surface area contributed by atoms with Gasteiger partial charge >= 0.3 is 0 Å². The molecule has 2 aromatic carbocycles. The second-order valence-electron chi connectivity index (χ2n) is 6.79. The smallest absolute Gasteiger partial charge is 0.270 e. The zero-order valence-electron chi connectivity index (χ0n) is 15.4. The number of halogens is 2. The molecule has 0 aliphatic heterocycles. The third-order valence-corrected chi connectivity index (χ3v) is 5.10. The van der Waals surface area contributed by atoms with Crippen LogP contribution in [-0.2, 0) is 0 Å². The Balaban J connectivity index is 2.08. The zero-order valence-corrected chi connectivity index (χ0v) is 16.9. The SMILES string of the molecule is CC(C)[C@H](C)NC(=O)c1cc(-c2ccccc2Cl)nn1-c1ccc(Cl)cc1. The largest absolute Gasteiger partial charge is 0.348 e. The van der Waals surface area contributed by atoms with Gasteiger partial charge in [-0.2, -0.15) is 5.10 Å². The molecular weight excluding hydrogens is 381 g/mol. The van der Waals surface area contributed by atoms with Gasteiger partial charge in [-0.1, -0.05) is 55.2 Å². The van der Waals surface area contributed by atoms with Crippen LogP contribution >= 0.6 is 23.2 Å². The molecule has 1 amide bonds. The van der Waals surface area contributed by atoms with E-state index in [0.717, 1.165) is 11.3 Å². The van der Waals surface area contributed by atoms with Crippen molar-refractivity contribution in [3.05, 3.63) is 70.3 Å². The van der Waals surface area contributed by atoms with E-state index in [4.69, 9.17) is 23.2 Å². The molecule has 0 saturated carbocycles. The Kier molecular flexibility index (Phi) is 5.88. The summed E-state index contributed by atoms with van der Waals surface area (Å²) < 4.78 is 1.62. The molecule has 140 valence electrons. The molecule has 1 heterocycles. The molecule has 0 unspecified atom stereocenters. The lowest BCUT2D eigenvalue weighted by atomic mass is 10.1. The van der Waals surface area contributed by atoms with Crippen LogP contribution in [0.4, 0.5) is 0 Å². The van der Waals surface area contributed by atoms with Crippen molar-refractivity contribution in [1.82, 2.24) is 15.1 Å². The third kappa shape index (κ3) is 4.34. The van der Waals surface area contributed by atoms with Crippen LogP contribution in [0.15, 0.2) is 54.6 Å². The number of hydrogen-bond donors (Lipinski definition) is 1. The molecule has 0 saturated heterocycles. The average Bonchev–Trinajstić information content (AvgIpc) is 3.07. The molecule has 0 aliphatic rings. The van der Waals surface area contributed by atoms with E-state index < -0.39 is 0 Å². The number of rotatable bonds is 5. The Labute approximate surface area is 169 Å². The quantitative estimate of drug-likeness (QED) is 0.602. The van der Waals surface area contributed by atoms with Gasteiger partial charge in [0, 0.05) is 16.6 Å². The number of nitrogens with one attached hydrogen (secondary N) is 1. The van der Waals surface area contributed by atoms with Crippen molar-refractivity contribution >= 4 is 29.1 Å². The van der Waals surface area contributed by atoms with Crippen molar-refractivity contribution in [3.63, 3.8) is 0 Å². The lowest BCUT2D eigenvalue weighted by molar-refractivity contribution is 0.0922. The summed E-state index contributed by atoms with van der Waals surface area (Å²) >= 11 is 12.3. The van der Waals surface area contributed by atoms with Crippen molar-refractivity contribution in [2.45, 2.75) is 26.8 Å². The monoisotopic (exact) mass is 401 g/mol. The first-order chi connectivity index (χ1) is 12.9. The predicted octanol–water partition coefficient (Wildman–Crippen LogP) is 5.62. The Hall–Kier alpha value is -2.30. The number of carbonyl (C=O) groups is 1. The highest BCUT2D eigenvalue weighted by molar-refractivity contribution is 6.33. The topological polar surface area (TPSA) is 46.9 Å². The normalized spacial score (nSPS) is 12.2. The highest BCUT2D eigenvalue weighted by atomic mass is 35.5. The fourth-order valence-corrected chi connectivity index (χ4v) is 2.93. The highest BCUT2D eigenvalue weighted by Crippen LogP contribution is 2.28. The Morgan fingerprint density at radius 1 is 1.04 bits per heavy atom. The first kappa shape index (κ1) is 19.5. The van der Waals surface area contributed by atoms with Crippen molar-refractivity contribution in [3.8, 4) is 16.9 Å². The van der Waals surface area contributed by atoms with Crippen molar-refractivity contribution in [1.29, 1.82) is 0 Å². The van der Waals surface area contributed by atoms with Crippen molar-refractivity contribution in [2.24, 2.45) is 5.92 Å². The minimum Gasteiger partial charge on any atom is -0.348 e. The molecule has 0 bridgehead atoms. The van der Waals surface area contributed by atoms with Gasteiger partial charge in [-0.3, -0.25) is 4.79 Å². The molecular formula is C21H21Cl2N3O. The summed E-state index contributed by atoms with van der Waals surface area (Å²) in [5.41, 5.74) is 2.61. The summed E-state index contributed by atoms with van der Waals surface area (Å²) in [4.78, 5) is 12.9. The van der Waals surface area contributed by atoms with E-state index in [-0.39, 0.29) is 11.9 Å². The van der Waals surface area contributed by atoms with Gasteiger partial charge in [0.05, 0.1) is 16.4 Å². The molecule has 1 aromatic heterocycles. The summed E-state index contributed by atoms with van der Waals surface area (Å²) in [6.07, 6.45) is 0. The summed E-state index contributed by atoms with van der Waals surface area (Å²) in [6, 6.07) is 16.4. The van der Waals surface area contributed by atoms with Gasteiger partial charge < -0.3 is 5.32 Å². The molecule has 3 aromatic rings. The molecule has 4 nitrogen and oxygen atoms in total. The number of amides is 1. The third-order valence-electron chi connectivity index (χ3n) is 4.52. The van der Waals surface area contributed by atoms with Gasteiger partial charge in [0.2, 0.25) is 0 Å². The molecule has 1 N–H and O–H groups in total. The Morgan fingerprint density at radius 3 is 2.33 bits per heavy atom. The van der Waals surface area contributed by atoms with E-state index in [2.05, 4.69) is 24.3 Å². The van der Waals surface area contributed by atoms with Crippen LogP contribution in [0.2, 0.25) is 10.0 Å². The van der Waals surface area contributed by atoms with Gasteiger partial charge in [0.1, 0.15) is 5.69 Å². The summed E-state index contributed by atoms with van der Waals surface area (Å²) in [5, 5.41) is 8.89. The fraction of sp³-hybridized carbons (Fsp3) is 0.238. The highest BCUT2D eigenvalue weighted by Gasteiger charge is 2.20. The minimum atomic E-state index is -0.183. The van der Waals surface area contributed by atoms with Gasteiger partial charge in [-0.15, -0.1) is 0 Å². The fourth-order valence-electron chi connectivity index (χ4n) is 2.57. The standard InChI is InChI=1S/C21H21Cl2N3O/c1-13(2)14(3)24-21(27)20-12-19(17-6-4-5-7-18(17)23)25-26(20)16-10-8-15(22)9-11-16/h4-14H,1-3H3,(H,24,27)/t14-/m0/s1. The van der Waals surface area contributed by atoms with E-state index in [1.165, 1.54) is 0 Å². The first-order valence-corrected chi connectivity index (χ1v) is 9.54. The zero-order chi connectivity index (χ0) is 19.6. The van der Waals surface area contributed by atoms with Crippen LogP contribution < -0.4 is 5.32 Å². The van der Waals surface area contributed by atoms with Crippen LogP contribution in [0, 0.1) is 5.92 Å². The molecule has 0 fully saturated rings. The number of benzene rings is 2. The van der Waals surface area contributed by atoms with Crippen LogP contribution in [-0.4, -0.2) is 21.7 Å². The van der Waals surface area contributed by atoms with E-state index in [9.17, 15) is 4.79 Å². The van der Waals surface area contributed by atoms with E-state index >= 15 is 0 Å². The lowest BCUT2D eigenvalue weighted by Gasteiger charge is -2.17. The Morgan fingerprint density at radius 2 is 1.70 bits per heavy atom. The maximum absolute atomic E-state index is 12.9. The maximum Gasteiger partial charge on any atom is 0.270 e. The molecule has 0 aliphatic carbocycles. The molecule has 6 heteroatoms. The van der Waals surface area contributed by atoms with Crippen LogP contribution in [0.25, 0.3) is 16.9 Å². The summed E-state index contributed by atoms with van der Waals surface area (Å²) in [7, 11) is 0. The van der Waals surface area contributed by atoms with Crippen LogP contribution in [0.3, 0.4) is 0 Å². The van der Waals surface area contributed by atoms with Gasteiger partial charge in [-0.05, 0) is 49.2 Å². The lowest BCUT2D eigenvalue weighted by Crippen LogP contribution is -2.37. The predicted molar refractivity (Wildman–Crippen MR) is 111 cm³/mol. The number of nitrogens with zero attached hydrogens (tertiary/aromatic N) is 2. The van der Waals surface area contributed by atoms with Crippen molar-refractivity contribution < 1.29 is 4.79 Å². The van der Waals surface area contributed by atoms with Gasteiger partial charge in [-0.25, -0.2) is 4.68 Å². The Bertz CT molecular complexity index is 948. The second kappa shape index (κ2) is 8.15. The summed E-state index contributed by atoms with van der Waals surface area (Å²) in [6.45, 7) is 6.12. The number of hydrogen-bond acceptors (Lipinski definition) is 2.